The summed E-state index contributed by atoms with van der Waals surface area (Å²) in [6.07, 6.45) is 0. The predicted molar refractivity (Wildman–Crippen MR) is 104 cm³/mol. The molecule has 0 fully saturated rings. The number of carbonyl (C=O) groups excluding carboxylic acids is 1. The Morgan fingerprint density at radius 1 is 1.08 bits per heavy atom. The van der Waals surface area contributed by atoms with Gasteiger partial charge in [0.05, 0.1) is 5.56 Å². The first-order valence-corrected chi connectivity index (χ1v) is 8.39. The van der Waals surface area contributed by atoms with Crippen LogP contribution in [0, 0.1) is 13.8 Å². The number of benzene rings is 2. The smallest absolute Gasteiger partial charge is 0.259 e. The molecule has 6 heteroatoms. The van der Waals surface area contributed by atoms with E-state index in [9.17, 15) is 4.79 Å². The molecule has 0 spiro atoms. The lowest BCUT2D eigenvalue weighted by Crippen LogP contribution is -2.17. The van der Waals surface area contributed by atoms with Gasteiger partial charge in [0, 0.05) is 22.5 Å². The number of aromatic nitrogens is 1. The first kappa shape index (κ1) is 17.8. The first-order valence-electron chi connectivity index (χ1n) is 8.01. The number of nitrogens with one attached hydrogen (secondary N) is 1. The number of nitrogens with zero attached hydrogens (tertiary/aromatic N) is 1. The van der Waals surface area contributed by atoms with E-state index in [4.69, 9.17) is 22.1 Å². The zero-order valence-electron chi connectivity index (χ0n) is 14.4. The quantitative estimate of drug-likeness (QED) is 0.681. The van der Waals surface area contributed by atoms with E-state index < -0.39 is 0 Å². The fourth-order valence-electron chi connectivity index (χ4n) is 2.63. The minimum Gasteiger partial charge on any atom is -0.457 e. The second-order valence-corrected chi connectivity index (χ2v) is 6.32. The molecule has 1 heterocycles. The Morgan fingerprint density at radius 3 is 2.50 bits per heavy atom. The number of nitrogen functional groups attached to an aromatic ring is 1. The summed E-state index contributed by atoms with van der Waals surface area (Å²) in [7, 11) is 0. The normalized spacial score (nSPS) is 10.4. The fourth-order valence-corrected chi connectivity index (χ4v) is 2.76. The van der Waals surface area contributed by atoms with E-state index >= 15 is 0 Å². The van der Waals surface area contributed by atoms with E-state index in [2.05, 4.69) is 10.3 Å². The summed E-state index contributed by atoms with van der Waals surface area (Å²) in [6, 6.07) is 16.0. The lowest BCUT2D eigenvalue weighted by Gasteiger charge is -2.12. The number of amides is 1. The summed E-state index contributed by atoms with van der Waals surface area (Å²) >= 11 is 5.87. The van der Waals surface area contributed by atoms with E-state index in [-0.39, 0.29) is 11.7 Å². The molecule has 1 aromatic heterocycles. The Morgan fingerprint density at radius 2 is 1.81 bits per heavy atom. The molecule has 0 radical (unpaired) electrons. The van der Waals surface area contributed by atoms with Crippen LogP contribution in [0.25, 0.3) is 0 Å². The Bertz CT molecular complexity index is 933. The molecule has 0 unspecified atom stereocenters. The van der Waals surface area contributed by atoms with Crippen molar-refractivity contribution in [3.63, 3.8) is 0 Å². The fraction of sp³-hybridized carbons (Fsp3) is 0.100. The van der Waals surface area contributed by atoms with Crippen LogP contribution in [0.4, 0.5) is 11.5 Å². The van der Waals surface area contributed by atoms with Gasteiger partial charge in [0.1, 0.15) is 17.3 Å². The zero-order valence-corrected chi connectivity index (χ0v) is 15.2. The Kier molecular flexibility index (Phi) is 5.09. The highest BCUT2D eigenvalue weighted by Crippen LogP contribution is 2.26. The van der Waals surface area contributed by atoms with Gasteiger partial charge in [0.15, 0.2) is 0 Å². The summed E-state index contributed by atoms with van der Waals surface area (Å²) in [4.78, 5) is 16.7. The van der Waals surface area contributed by atoms with Crippen molar-refractivity contribution in [1.29, 1.82) is 0 Å². The molecule has 0 aliphatic rings. The third-order valence-corrected chi connectivity index (χ3v) is 3.99. The molecule has 3 N–H and O–H groups in total. The summed E-state index contributed by atoms with van der Waals surface area (Å²) in [5, 5.41) is 3.47. The first-order chi connectivity index (χ1) is 12.4. The average Bonchev–Trinajstić information content (AvgIpc) is 2.56. The van der Waals surface area contributed by atoms with Gasteiger partial charge in [-0.05, 0) is 61.9 Å². The molecule has 0 saturated carbocycles. The Labute approximate surface area is 156 Å². The predicted octanol–water partition coefficient (Wildman–Crippen LogP) is 4.98. The van der Waals surface area contributed by atoms with Crippen LogP contribution in [0.3, 0.4) is 0 Å². The topological polar surface area (TPSA) is 77.2 Å². The monoisotopic (exact) mass is 367 g/mol. The van der Waals surface area contributed by atoms with Crippen LogP contribution in [0.1, 0.15) is 21.6 Å². The van der Waals surface area contributed by atoms with E-state index in [0.29, 0.717) is 27.8 Å². The summed E-state index contributed by atoms with van der Waals surface area (Å²) in [5.74, 6) is 1.15. The number of hydrogen-bond acceptors (Lipinski definition) is 4. The highest BCUT2D eigenvalue weighted by atomic mass is 35.5. The number of anilines is 2. The van der Waals surface area contributed by atoms with Crippen LogP contribution in [0.5, 0.6) is 11.5 Å². The van der Waals surface area contributed by atoms with Crippen LogP contribution < -0.4 is 15.8 Å². The summed E-state index contributed by atoms with van der Waals surface area (Å²) in [5.41, 5.74) is 8.44. The van der Waals surface area contributed by atoms with Crippen LogP contribution in [-0.4, -0.2) is 10.9 Å². The molecule has 0 aliphatic heterocycles. The van der Waals surface area contributed by atoms with Gasteiger partial charge >= 0.3 is 0 Å². The molecular weight excluding hydrogens is 350 g/mol. The van der Waals surface area contributed by atoms with E-state index in [1.165, 1.54) is 0 Å². The third kappa shape index (κ3) is 4.13. The number of hydrogen-bond donors (Lipinski definition) is 2. The highest BCUT2D eigenvalue weighted by Gasteiger charge is 2.15. The lowest BCUT2D eigenvalue weighted by molar-refractivity contribution is 0.102. The maximum Gasteiger partial charge on any atom is 0.259 e. The van der Waals surface area contributed by atoms with Crippen molar-refractivity contribution >= 4 is 29.0 Å². The minimum absolute atomic E-state index is 0.216. The van der Waals surface area contributed by atoms with Crippen molar-refractivity contribution in [2.75, 3.05) is 11.1 Å². The molecule has 0 aliphatic carbocycles. The second kappa shape index (κ2) is 7.45. The maximum absolute atomic E-state index is 12.6. The van der Waals surface area contributed by atoms with Crippen molar-refractivity contribution < 1.29 is 9.53 Å². The minimum atomic E-state index is -0.309. The molecule has 0 saturated heterocycles. The van der Waals surface area contributed by atoms with E-state index in [0.717, 1.165) is 11.3 Å². The van der Waals surface area contributed by atoms with Crippen molar-refractivity contribution in [1.82, 2.24) is 4.98 Å². The molecule has 2 aromatic carbocycles. The van der Waals surface area contributed by atoms with Gasteiger partial charge in [-0.2, -0.15) is 0 Å². The number of aryl methyl sites for hydroxylation is 2. The lowest BCUT2D eigenvalue weighted by atomic mass is 10.1. The SMILES string of the molecule is Cc1cc(C)c(C(=O)Nc2cccc(Oc3ccc(Cl)cc3)c2)c(N)n1. The van der Waals surface area contributed by atoms with Crippen LogP contribution in [0.15, 0.2) is 54.6 Å². The Hall–Kier alpha value is -3.05. The molecule has 3 aromatic rings. The van der Waals surface area contributed by atoms with E-state index in [1.54, 1.807) is 48.5 Å². The van der Waals surface area contributed by atoms with Gasteiger partial charge < -0.3 is 15.8 Å². The molecule has 132 valence electrons. The van der Waals surface area contributed by atoms with Gasteiger partial charge in [-0.1, -0.05) is 17.7 Å². The standard InChI is InChI=1S/C20H18ClN3O2/c1-12-10-13(2)23-19(22)18(12)20(25)24-15-4-3-5-17(11-15)26-16-8-6-14(21)7-9-16/h3-11H,1-2H3,(H2,22,23)(H,24,25). The van der Waals surface area contributed by atoms with Gasteiger partial charge in [-0.3, -0.25) is 4.79 Å². The molecule has 26 heavy (non-hydrogen) atoms. The van der Waals surface area contributed by atoms with Crippen molar-refractivity contribution in [3.8, 4) is 11.5 Å². The number of nitrogens with two attached hydrogens (primary N) is 1. The number of halogens is 1. The Balaban J connectivity index is 1.78. The van der Waals surface area contributed by atoms with Crippen LogP contribution in [-0.2, 0) is 0 Å². The third-order valence-electron chi connectivity index (χ3n) is 3.74. The summed E-state index contributed by atoms with van der Waals surface area (Å²) in [6.45, 7) is 3.67. The largest absolute Gasteiger partial charge is 0.457 e. The molecular formula is C20H18ClN3O2. The number of rotatable bonds is 4. The average molecular weight is 368 g/mol. The van der Waals surface area contributed by atoms with Gasteiger partial charge in [-0.25, -0.2) is 4.98 Å². The molecule has 1 amide bonds. The van der Waals surface area contributed by atoms with E-state index in [1.807, 2.05) is 19.9 Å². The van der Waals surface area contributed by atoms with Crippen molar-refractivity contribution in [3.05, 3.63) is 76.4 Å². The molecule has 0 atom stereocenters. The van der Waals surface area contributed by atoms with Gasteiger partial charge in [-0.15, -0.1) is 0 Å². The number of ether oxygens (including phenoxy) is 1. The summed E-state index contributed by atoms with van der Waals surface area (Å²) < 4.78 is 5.78. The molecule has 5 nitrogen and oxygen atoms in total. The van der Waals surface area contributed by atoms with Gasteiger partial charge in [0.25, 0.3) is 5.91 Å². The van der Waals surface area contributed by atoms with Crippen LogP contribution in [0.2, 0.25) is 5.02 Å². The number of pyridine rings is 1. The second-order valence-electron chi connectivity index (χ2n) is 5.88. The molecule has 0 bridgehead atoms. The number of carbonyl (C=O) groups is 1. The zero-order chi connectivity index (χ0) is 18.7. The van der Waals surface area contributed by atoms with Gasteiger partial charge in [0.2, 0.25) is 0 Å². The van der Waals surface area contributed by atoms with Crippen LogP contribution >= 0.6 is 11.6 Å². The highest BCUT2D eigenvalue weighted by molar-refractivity contribution is 6.30. The van der Waals surface area contributed by atoms with Crippen molar-refractivity contribution in [2.24, 2.45) is 0 Å². The maximum atomic E-state index is 12.6. The van der Waals surface area contributed by atoms with Crippen molar-refractivity contribution in [2.45, 2.75) is 13.8 Å². The molecule has 3 rings (SSSR count).